The SMILES string of the molecule is CC(=O)O[C@H]1C[C@@]2(C)C3CCC4[C@H](C)C(=O)C=C[C@@]45C[C@@]35CC[C@]2(C)[C@H]1[C@H](C)C(=O)C(=O)C(C)[C@@H](C)CO[Si](C)(C)C(C)(C)C. The molecule has 2 spiro atoms. The van der Waals surface area contributed by atoms with Gasteiger partial charge >= 0.3 is 5.97 Å². The zero-order valence-electron chi connectivity index (χ0n) is 30.2. The first-order chi connectivity index (χ1) is 20.6. The van der Waals surface area contributed by atoms with Crippen molar-refractivity contribution >= 4 is 31.6 Å². The van der Waals surface area contributed by atoms with Gasteiger partial charge in [0.05, 0.1) is 0 Å². The Labute approximate surface area is 273 Å². The number of ether oxygens (including phenoxy) is 1. The number of Topliss-reactive ketones (excluding diaryl/α,β-unsaturated/α-hetero) is 2. The summed E-state index contributed by atoms with van der Waals surface area (Å²) in [7, 11) is -1.98. The number of esters is 1. The van der Waals surface area contributed by atoms with Crippen LogP contribution in [0.5, 0.6) is 0 Å². The second-order valence-corrected chi connectivity index (χ2v) is 23.0. The van der Waals surface area contributed by atoms with Crippen molar-refractivity contribution in [3.8, 4) is 0 Å². The molecule has 0 amide bonds. The molecule has 4 saturated carbocycles. The molecule has 0 bridgehead atoms. The molecule has 12 atom stereocenters. The standard InChI is InChI=1S/C38H60O6Si/c1-22(20-43-45(11,12)34(6,7)8)23(2)32(41)33(42)25(4)31-29(44-26(5)39)19-36(10)30-14-13-27-24(3)28(40)15-16-37(27)21-38(30,37)18-17-35(31,36)9/h15-16,22-25,27,29-31H,13-14,17-21H2,1-12H3/t22-,23?,24-,25-,27?,29-,30?,31-,35+,36-,37+,38-/m0/s1. The van der Waals surface area contributed by atoms with Crippen LogP contribution in [0.1, 0.15) is 108 Å². The minimum Gasteiger partial charge on any atom is -0.462 e. The van der Waals surface area contributed by atoms with Gasteiger partial charge in [0.25, 0.3) is 0 Å². The van der Waals surface area contributed by atoms with E-state index in [0.29, 0.717) is 18.4 Å². The van der Waals surface area contributed by atoms with E-state index in [0.717, 1.165) is 38.5 Å². The molecule has 0 aromatic rings. The number of carbonyl (C=O) groups excluding carboxylic acids is 4. The van der Waals surface area contributed by atoms with Gasteiger partial charge in [-0.1, -0.05) is 68.4 Å². The third kappa shape index (κ3) is 4.94. The van der Waals surface area contributed by atoms with E-state index in [9.17, 15) is 19.2 Å². The van der Waals surface area contributed by atoms with Gasteiger partial charge < -0.3 is 9.16 Å². The average Bonchev–Trinajstić information content (AvgIpc) is 3.55. The Morgan fingerprint density at radius 3 is 2.27 bits per heavy atom. The summed E-state index contributed by atoms with van der Waals surface area (Å²) in [6.45, 7) is 25.6. The van der Waals surface area contributed by atoms with Crippen molar-refractivity contribution in [2.75, 3.05) is 6.61 Å². The lowest BCUT2D eigenvalue weighted by Crippen LogP contribution is -2.55. The predicted octanol–water partition coefficient (Wildman–Crippen LogP) is 7.99. The molecule has 5 rings (SSSR count). The van der Waals surface area contributed by atoms with Crippen molar-refractivity contribution in [1.29, 1.82) is 0 Å². The number of rotatable bonds is 9. The maximum atomic E-state index is 14.1. The number of allylic oxidation sites excluding steroid dienone is 2. The summed E-state index contributed by atoms with van der Waals surface area (Å²) in [6.07, 6.45) is 9.69. The Morgan fingerprint density at radius 1 is 1.02 bits per heavy atom. The van der Waals surface area contributed by atoms with Crippen LogP contribution in [0.15, 0.2) is 12.2 Å². The van der Waals surface area contributed by atoms with E-state index in [-0.39, 0.29) is 67.8 Å². The molecular weight excluding hydrogens is 580 g/mol. The average molecular weight is 641 g/mol. The summed E-state index contributed by atoms with van der Waals surface area (Å²) < 4.78 is 12.5. The topological polar surface area (TPSA) is 86.7 Å². The van der Waals surface area contributed by atoms with Crippen LogP contribution >= 0.6 is 0 Å². The molecule has 6 nitrogen and oxygen atoms in total. The van der Waals surface area contributed by atoms with Crippen LogP contribution < -0.4 is 0 Å². The largest absolute Gasteiger partial charge is 0.462 e. The summed E-state index contributed by atoms with van der Waals surface area (Å²) in [5.74, 6) is -1.10. The van der Waals surface area contributed by atoms with Gasteiger partial charge in [0.1, 0.15) is 6.10 Å². The fraction of sp³-hybridized carbons (Fsp3) is 0.842. The Morgan fingerprint density at radius 2 is 1.67 bits per heavy atom. The van der Waals surface area contributed by atoms with Crippen molar-refractivity contribution in [1.82, 2.24) is 0 Å². The van der Waals surface area contributed by atoms with E-state index in [1.165, 1.54) is 6.92 Å². The van der Waals surface area contributed by atoms with Crippen molar-refractivity contribution in [3.05, 3.63) is 12.2 Å². The Bertz CT molecular complexity index is 1300. The second-order valence-electron chi connectivity index (χ2n) is 18.2. The van der Waals surface area contributed by atoms with Crippen LogP contribution in [-0.2, 0) is 28.3 Å². The summed E-state index contributed by atoms with van der Waals surface area (Å²) in [5, 5.41) is 0.0709. The second kappa shape index (κ2) is 11.0. The first-order valence-corrected chi connectivity index (χ1v) is 20.6. The quantitative estimate of drug-likeness (QED) is 0.144. The van der Waals surface area contributed by atoms with Crippen molar-refractivity contribution in [3.63, 3.8) is 0 Å². The lowest BCUT2D eigenvalue weighted by atomic mass is 9.43. The normalized spacial score (nSPS) is 42.4. The molecule has 0 saturated heterocycles. The molecule has 0 radical (unpaired) electrons. The van der Waals surface area contributed by atoms with Crippen molar-refractivity contribution in [2.24, 2.45) is 63.1 Å². The van der Waals surface area contributed by atoms with Crippen molar-refractivity contribution < 1.29 is 28.3 Å². The molecule has 5 aliphatic carbocycles. The van der Waals surface area contributed by atoms with Crippen LogP contribution in [0.25, 0.3) is 0 Å². The third-order valence-electron chi connectivity index (χ3n) is 15.3. The highest BCUT2D eigenvalue weighted by molar-refractivity contribution is 6.74. The highest BCUT2D eigenvalue weighted by Crippen LogP contribution is 2.87. The van der Waals surface area contributed by atoms with Crippen LogP contribution in [0.2, 0.25) is 18.1 Å². The lowest BCUT2D eigenvalue weighted by Gasteiger charge is -2.60. The minimum absolute atomic E-state index is 0.0709. The molecule has 7 heteroatoms. The van der Waals surface area contributed by atoms with Gasteiger partial charge in [-0.05, 0) is 102 Å². The highest BCUT2D eigenvalue weighted by atomic mass is 28.4. The zero-order valence-corrected chi connectivity index (χ0v) is 31.2. The van der Waals surface area contributed by atoms with Gasteiger partial charge in [-0.25, -0.2) is 0 Å². The van der Waals surface area contributed by atoms with Gasteiger partial charge in [0.2, 0.25) is 11.6 Å². The van der Waals surface area contributed by atoms with E-state index in [1.807, 2.05) is 26.8 Å². The van der Waals surface area contributed by atoms with E-state index >= 15 is 0 Å². The van der Waals surface area contributed by atoms with Gasteiger partial charge in [-0.2, -0.15) is 0 Å². The molecule has 5 aliphatic rings. The first kappa shape index (κ1) is 34.7. The molecular formula is C38H60O6Si. The van der Waals surface area contributed by atoms with Gasteiger partial charge in [-0.3, -0.25) is 19.2 Å². The predicted molar refractivity (Wildman–Crippen MR) is 179 cm³/mol. The maximum Gasteiger partial charge on any atom is 0.302 e. The zero-order chi connectivity index (χ0) is 33.7. The lowest BCUT2D eigenvalue weighted by molar-refractivity contribution is -0.156. The van der Waals surface area contributed by atoms with Gasteiger partial charge in [0.15, 0.2) is 14.1 Å². The molecule has 252 valence electrons. The molecule has 0 heterocycles. The van der Waals surface area contributed by atoms with E-state index in [2.05, 4.69) is 60.7 Å². The molecule has 0 aromatic carbocycles. The number of carbonyl (C=O) groups is 4. The maximum absolute atomic E-state index is 14.1. The summed E-state index contributed by atoms with van der Waals surface area (Å²) in [4.78, 5) is 53.1. The smallest absolute Gasteiger partial charge is 0.302 e. The highest BCUT2D eigenvalue weighted by Gasteiger charge is 2.81. The minimum atomic E-state index is -1.98. The van der Waals surface area contributed by atoms with E-state index in [4.69, 9.17) is 9.16 Å². The fourth-order valence-electron chi connectivity index (χ4n) is 11.2. The van der Waals surface area contributed by atoms with Crippen LogP contribution in [-0.4, -0.2) is 44.3 Å². The fourth-order valence-corrected chi connectivity index (χ4v) is 12.3. The Hall–Kier alpha value is -1.60. The molecule has 45 heavy (non-hydrogen) atoms. The summed E-state index contributed by atoms with van der Waals surface area (Å²) in [5.41, 5.74) is -0.133. The number of fused-ring (bicyclic) bond motifs is 2. The van der Waals surface area contributed by atoms with Crippen LogP contribution in [0.3, 0.4) is 0 Å². The van der Waals surface area contributed by atoms with Gasteiger partial charge in [-0.15, -0.1) is 0 Å². The molecule has 3 unspecified atom stereocenters. The Kier molecular flexibility index (Phi) is 8.46. The van der Waals surface area contributed by atoms with Crippen LogP contribution in [0, 0.1) is 63.1 Å². The number of ketones is 3. The Balaban J connectivity index is 1.39. The number of hydrogen-bond donors (Lipinski definition) is 0. The van der Waals surface area contributed by atoms with E-state index in [1.54, 1.807) is 0 Å². The molecule has 0 aliphatic heterocycles. The monoisotopic (exact) mass is 640 g/mol. The molecule has 0 aromatic heterocycles. The summed E-state index contributed by atoms with van der Waals surface area (Å²) >= 11 is 0. The number of hydrogen-bond acceptors (Lipinski definition) is 6. The molecule has 0 N–H and O–H groups in total. The van der Waals surface area contributed by atoms with Gasteiger partial charge in [0, 0.05) is 37.2 Å². The first-order valence-electron chi connectivity index (χ1n) is 17.7. The molecule has 4 fully saturated rings. The van der Waals surface area contributed by atoms with E-state index < -0.39 is 26.3 Å². The van der Waals surface area contributed by atoms with Crippen molar-refractivity contribution in [2.45, 2.75) is 132 Å². The van der Waals surface area contributed by atoms with Crippen LogP contribution in [0.4, 0.5) is 0 Å². The third-order valence-corrected chi connectivity index (χ3v) is 19.8. The summed E-state index contributed by atoms with van der Waals surface area (Å²) in [6, 6.07) is 0.